The number of sulfonamides is 1. The van der Waals surface area contributed by atoms with Crippen LogP contribution in [0.1, 0.15) is 21.5 Å². The van der Waals surface area contributed by atoms with Crippen molar-refractivity contribution in [1.29, 1.82) is 0 Å². The summed E-state index contributed by atoms with van der Waals surface area (Å²) < 4.78 is 32.2. The number of nitro groups is 1. The molecule has 9 nitrogen and oxygen atoms in total. The van der Waals surface area contributed by atoms with Gasteiger partial charge in [-0.05, 0) is 42.8 Å². The highest BCUT2D eigenvalue weighted by atomic mass is 32.2. The standard InChI is InChI=1S/C22H21N3O6S/c1-15-3-10-19(11-4-15)32(29,30)24-17-7-5-16(6-8-17)14-23-21-12-9-18(25(27)28)13-20(21)22(26)31-2/h3-13,23-24H,14H2,1-2H3. The maximum absolute atomic E-state index is 12.5. The summed E-state index contributed by atoms with van der Waals surface area (Å²) in [6.07, 6.45) is 0. The van der Waals surface area contributed by atoms with Crippen LogP contribution in [0.15, 0.2) is 71.6 Å². The number of carbonyl (C=O) groups excluding carboxylic acids is 1. The molecule has 0 radical (unpaired) electrons. The van der Waals surface area contributed by atoms with Gasteiger partial charge in [0, 0.05) is 30.1 Å². The molecule has 0 aliphatic heterocycles. The van der Waals surface area contributed by atoms with E-state index in [4.69, 9.17) is 4.74 Å². The number of rotatable bonds is 8. The number of aryl methyl sites for hydroxylation is 1. The van der Waals surface area contributed by atoms with Gasteiger partial charge in [-0.3, -0.25) is 14.8 Å². The number of anilines is 2. The minimum absolute atomic E-state index is 0.0455. The van der Waals surface area contributed by atoms with E-state index in [1.165, 1.54) is 19.2 Å². The number of benzene rings is 3. The molecule has 3 aromatic rings. The van der Waals surface area contributed by atoms with Gasteiger partial charge >= 0.3 is 5.97 Å². The first-order valence-corrected chi connectivity index (χ1v) is 11.0. The summed E-state index contributed by atoms with van der Waals surface area (Å²) >= 11 is 0. The number of nitro benzene ring substituents is 1. The smallest absolute Gasteiger partial charge is 0.340 e. The second-order valence-corrected chi connectivity index (χ2v) is 8.63. The molecule has 0 unspecified atom stereocenters. The predicted octanol–water partition coefficient (Wildman–Crippen LogP) is 4.10. The van der Waals surface area contributed by atoms with Crippen molar-refractivity contribution in [2.24, 2.45) is 0 Å². The van der Waals surface area contributed by atoms with E-state index >= 15 is 0 Å². The Bertz CT molecular complexity index is 1240. The molecular weight excluding hydrogens is 434 g/mol. The molecule has 0 aliphatic rings. The van der Waals surface area contributed by atoms with Crippen molar-refractivity contribution in [3.05, 3.63) is 93.5 Å². The average molecular weight is 455 g/mol. The van der Waals surface area contributed by atoms with Crippen molar-refractivity contribution in [3.8, 4) is 0 Å². The molecule has 0 spiro atoms. The largest absolute Gasteiger partial charge is 0.465 e. The number of non-ortho nitro benzene ring substituents is 1. The van der Waals surface area contributed by atoms with Crippen LogP contribution >= 0.6 is 0 Å². The molecule has 32 heavy (non-hydrogen) atoms. The van der Waals surface area contributed by atoms with Gasteiger partial charge in [-0.2, -0.15) is 0 Å². The molecule has 0 saturated carbocycles. The van der Waals surface area contributed by atoms with Crippen LogP contribution < -0.4 is 10.0 Å². The topological polar surface area (TPSA) is 128 Å². The van der Waals surface area contributed by atoms with Crippen LogP contribution in [-0.2, 0) is 21.3 Å². The van der Waals surface area contributed by atoms with Crippen molar-refractivity contribution < 1.29 is 22.9 Å². The van der Waals surface area contributed by atoms with Crippen LogP contribution in [0.3, 0.4) is 0 Å². The third kappa shape index (κ3) is 5.41. The van der Waals surface area contributed by atoms with E-state index in [1.54, 1.807) is 48.5 Å². The van der Waals surface area contributed by atoms with E-state index < -0.39 is 20.9 Å². The Hall–Kier alpha value is -3.92. The average Bonchev–Trinajstić information content (AvgIpc) is 2.78. The Kier molecular flexibility index (Phi) is 6.74. The third-order valence-electron chi connectivity index (χ3n) is 4.64. The Labute approximate surface area is 185 Å². The van der Waals surface area contributed by atoms with Gasteiger partial charge in [-0.15, -0.1) is 0 Å². The minimum atomic E-state index is -3.70. The number of methoxy groups -OCH3 is 1. The lowest BCUT2D eigenvalue weighted by Gasteiger charge is -2.12. The Morgan fingerprint density at radius 2 is 1.69 bits per heavy atom. The summed E-state index contributed by atoms with van der Waals surface area (Å²) in [7, 11) is -2.50. The molecule has 0 saturated heterocycles. The molecular formula is C22H21N3O6S. The minimum Gasteiger partial charge on any atom is -0.465 e. The zero-order valence-electron chi connectivity index (χ0n) is 17.4. The van der Waals surface area contributed by atoms with Gasteiger partial charge in [0.2, 0.25) is 0 Å². The zero-order chi connectivity index (χ0) is 23.3. The fourth-order valence-corrected chi connectivity index (χ4v) is 3.96. The summed E-state index contributed by atoms with van der Waals surface area (Å²) in [6, 6.07) is 17.1. The predicted molar refractivity (Wildman–Crippen MR) is 120 cm³/mol. The Morgan fingerprint density at radius 3 is 2.28 bits per heavy atom. The molecule has 10 heteroatoms. The van der Waals surface area contributed by atoms with E-state index in [0.29, 0.717) is 17.9 Å². The van der Waals surface area contributed by atoms with Crippen LogP contribution in [0.2, 0.25) is 0 Å². The van der Waals surface area contributed by atoms with Crippen LogP contribution in [0.4, 0.5) is 17.1 Å². The summed E-state index contributed by atoms with van der Waals surface area (Å²) in [6.45, 7) is 2.17. The molecule has 0 atom stereocenters. The molecule has 0 fully saturated rings. The maximum Gasteiger partial charge on any atom is 0.340 e. The van der Waals surface area contributed by atoms with Crippen molar-refractivity contribution in [3.63, 3.8) is 0 Å². The van der Waals surface area contributed by atoms with Crippen LogP contribution in [-0.4, -0.2) is 26.4 Å². The molecule has 0 bridgehead atoms. The summed E-state index contributed by atoms with van der Waals surface area (Å²) in [5.41, 5.74) is 2.37. The number of hydrogen-bond donors (Lipinski definition) is 2. The number of carbonyl (C=O) groups is 1. The highest BCUT2D eigenvalue weighted by molar-refractivity contribution is 7.92. The van der Waals surface area contributed by atoms with Crippen molar-refractivity contribution in [1.82, 2.24) is 0 Å². The van der Waals surface area contributed by atoms with Crippen molar-refractivity contribution in [2.75, 3.05) is 17.1 Å². The highest BCUT2D eigenvalue weighted by Gasteiger charge is 2.17. The van der Waals surface area contributed by atoms with Gasteiger partial charge in [-0.1, -0.05) is 29.8 Å². The zero-order valence-corrected chi connectivity index (χ0v) is 18.2. The quantitative estimate of drug-likeness (QED) is 0.297. The molecule has 3 rings (SSSR count). The lowest BCUT2D eigenvalue weighted by atomic mass is 10.1. The van der Waals surface area contributed by atoms with E-state index in [9.17, 15) is 23.3 Å². The first-order chi connectivity index (χ1) is 15.2. The molecule has 0 amide bonds. The number of esters is 1. The molecule has 0 heterocycles. The molecule has 166 valence electrons. The summed E-state index contributed by atoms with van der Waals surface area (Å²) in [5.74, 6) is -0.697. The second-order valence-electron chi connectivity index (χ2n) is 6.95. The first kappa shape index (κ1) is 22.8. The normalized spacial score (nSPS) is 10.9. The lowest BCUT2D eigenvalue weighted by Crippen LogP contribution is -2.13. The van der Waals surface area contributed by atoms with Crippen LogP contribution in [0.5, 0.6) is 0 Å². The van der Waals surface area contributed by atoms with Gasteiger partial charge in [0.05, 0.1) is 22.5 Å². The lowest BCUT2D eigenvalue weighted by molar-refractivity contribution is -0.384. The maximum atomic E-state index is 12.5. The number of nitrogens with one attached hydrogen (secondary N) is 2. The monoisotopic (exact) mass is 455 g/mol. The Morgan fingerprint density at radius 1 is 1.03 bits per heavy atom. The van der Waals surface area contributed by atoms with E-state index in [1.807, 2.05) is 6.92 Å². The second kappa shape index (κ2) is 9.48. The van der Waals surface area contributed by atoms with Gasteiger partial charge in [-0.25, -0.2) is 13.2 Å². The number of nitrogens with zero attached hydrogens (tertiary/aromatic N) is 1. The summed E-state index contributed by atoms with van der Waals surface area (Å²) in [5, 5.41) is 14.0. The van der Waals surface area contributed by atoms with Crippen molar-refractivity contribution in [2.45, 2.75) is 18.4 Å². The Balaban J connectivity index is 1.71. The van der Waals surface area contributed by atoms with E-state index in [0.717, 1.165) is 17.2 Å². The number of ether oxygens (including phenoxy) is 1. The van der Waals surface area contributed by atoms with Crippen molar-refractivity contribution >= 4 is 33.1 Å². The van der Waals surface area contributed by atoms with Gasteiger partial charge in [0.15, 0.2) is 0 Å². The molecule has 2 N–H and O–H groups in total. The summed E-state index contributed by atoms with van der Waals surface area (Å²) in [4.78, 5) is 22.5. The molecule has 3 aromatic carbocycles. The fourth-order valence-electron chi connectivity index (χ4n) is 2.90. The molecule has 0 aliphatic carbocycles. The van der Waals surface area contributed by atoms with Gasteiger partial charge < -0.3 is 10.1 Å². The SMILES string of the molecule is COC(=O)c1cc([N+](=O)[O-])ccc1NCc1ccc(NS(=O)(=O)c2ccc(C)cc2)cc1. The molecule has 0 aromatic heterocycles. The van der Waals surface area contributed by atoms with E-state index in [2.05, 4.69) is 10.0 Å². The number of hydrogen-bond acceptors (Lipinski definition) is 7. The third-order valence-corrected chi connectivity index (χ3v) is 6.04. The fraction of sp³-hybridized carbons (Fsp3) is 0.136. The van der Waals surface area contributed by atoms with E-state index in [-0.39, 0.29) is 16.1 Å². The first-order valence-electron chi connectivity index (χ1n) is 9.48. The van der Waals surface area contributed by atoms with Crippen LogP contribution in [0.25, 0.3) is 0 Å². The van der Waals surface area contributed by atoms with Crippen LogP contribution in [0, 0.1) is 17.0 Å². The van der Waals surface area contributed by atoms with Gasteiger partial charge in [0.25, 0.3) is 15.7 Å². The van der Waals surface area contributed by atoms with Gasteiger partial charge in [0.1, 0.15) is 0 Å². The highest BCUT2D eigenvalue weighted by Crippen LogP contribution is 2.24.